The standard InChI is InChI=1S/C16H26FNO2.C15H22FNO3.C15H23FO2.CH4/c1-12(2)10-16(20-9-8-18(3)4)14-11-13(17)6-7-15(14)19-5;1-10(2)8-14(20-7-6-15(17)18)12-9-11(16)4-5-13(12)19-3;1-5-8-18-15(9-11(2)3)13-10-12(16)6-7-14(13)17-4;/h6-7,11-12,16H,8-10H2,1-5H3;4-5,9-10,14H,6-8H2,1-3H3,(H2,17,18);6-7,10-11,15H,5,8-9H2,1-4H3;1H4/t16-;14-;15-;/m000./s1. The molecule has 9 nitrogen and oxygen atoms in total. The molecule has 0 heterocycles. The monoisotopic (exact) mass is 837 g/mol. The van der Waals surface area contributed by atoms with E-state index in [9.17, 15) is 18.0 Å². The second-order valence-corrected chi connectivity index (χ2v) is 15.6. The third kappa shape index (κ3) is 22.4. The fourth-order valence-corrected chi connectivity index (χ4v) is 5.95. The van der Waals surface area contributed by atoms with E-state index in [1.165, 1.54) is 43.5 Å². The van der Waals surface area contributed by atoms with Crippen LogP contribution < -0.4 is 19.9 Å². The summed E-state index contributed by atoms with van der Waals surface area (Å²) in [6.45, 7) is 17.0. The number of nitrogens with zero attached hydrogens (tertiary/aromatic N) is 1. The van der Waals surface area contributed by atoms with E-state index in [-0.39, 0.29) is 56.2 Å². The van der Waals surface area contributed by atoms with Gasteiger partial charge in [-0.2, -0.15) is 0 Å². The zero-order valence-electron chi connectivity index (χ0n) is 37.0. The van der Waals surface area contributed by atoms with Gasteiger partial charge in [0.25, 0.3) is 0 Å². The van der Waals surface area contributed by atoms with Crippen molar-refractivity contribution in [3.63, 3.8) is 0 Å². The molecule has 3 atom stereocenters. The van der Waals surface area contributed by atoms with Crippen molar-refractivity contribution >= 4 is 5.91 Å². The van der Waals surface area contributed by atoms with E-state index in [4.69, 9.17) is 34.2 Å². The third-order valence-corrected chi connectivity index (χ3v) is 8.72. The second kappa shape index (κ2) is 30.2. The zero-order valence-corrected chi connectivity index (χ0v) is 37.0. The molecule has 0 aromatic heterocycles. The minimum Gasteiger partial charge on any atom is -0.496 e. The van der Waals surface area contributed by atoms with Crippen molar-refractivity contribution in [3.8, 4) is 17.2 Å². The van der Waals surface area contributed by atoms with Crippen LogP contribution >= 0.6 is 0 Å². The number of amides is 1. The minimum atomic E-state index is -0.417. The van der Waals surface area contributed by atoms with Gasteiger partial charge in [-0.3, -0.25) is 4.79 Å². The summed E-state index contributed by atoms with van der Waals surface area (Å²) in [6, 6.07) is 13.5. The molecule has 59 heavy (non-hydrogen) atoms. The van der Waals surface area contributed by atoms with Gasteiger partial charge in [-0.25, -0.2) is 13.2 Å². The summed E-state index contributed by atoms with van der Waals surface area (Å²) >= 11 is 0. The van der Waals surface area contributed by atoms with Gasteiger partial charge in [-0.1, -0.05) is 55.9 Å². The fraction of sp³-hybridized carbons (Fsp3) is 0.596. The largest absolute Gasteiger partial charge is 0.496 e. The predicted octanol–water partition coefficient (Wildman–Crippen LogP) is 11.3. The first-order valence-corrected chi connectivity index (χ1v) is 20.2. The van der Waals surface area contributed by atoms with Crippen molar-refractivity contribution in [2.45, 2.75) is 106 Å². The number of halogens is 3. The van der Waals surface area contributed by atoms with E-state index >= 15 is 0 Å². The molecule has 0 fully saturated rings. The maximum atomic E-state index is 13.5. The molecule has 1 amide bonds. The Bertz CT molecular complexity index is 1590. The number of carbonyl (C=O) groups excluding carboxylic acids is 1. The Labute approximate surface area is 354 Å². The molecule has 336 valence electrons. The lowest BCUT2D eigenvalue weighted by molar-refractivity contribution is -0.119. The third-order valence-electron chi connectivity index (χ3n) is 8.72. The summed E-state index contributed by atoms with van der Waals surface area (Å²) in [5, 5.41) is 0. The lowest BCUT2D eigenvalue weighted by Crippen LogP contribution is -2.20. The quantitative estimate of drug-likeness (QED) is 0.101. The summed E-state index contributed by atoms with van der Waals surface area (Å²) in [5.41, 5.74) is 7.35. The Morgan fingerprint density at radius 2 is 0.915 bits per heavy atom. The molecule has 0 spiro atoms. The van der Waals surface area contributed by atoms with Crippen molar-refractivity contribution in [3.05, 3.63) is 88.7 Å². The Balaban J connectivity index is 0.000000850. The molecule has 0 unspecified atom stereocenters. The molecule has 3 aromatic carbocycles. The number of primary amides is 1. The summed E-state index contributed by atoms with van der Waals surface area (Å²) in [5.74, 6) is 2.00. The van der Waals surface area contributed by atoms with Crippen molar-refractivity contribution in [2.24, 2.45) is 23.5 Å². The average Bonchev–Trinajstić information content (AvgIpc) is 3.15. The molecule has 0 aliphatic rings. The SMILES string of the molecule is C.CCCO[C@@H](CC(C)C)c1cc(F)ccc1OC.COc1ccc(F)cc1[C@H](CC(C)C)OCCC(N)=O.COc1ccc(F)cc1[C@H](CC(C)C)OCCN(C)C. The second-order valence-electron chi connectivity index (χ2n) is 15.6. The molecular formula is C47H75F3N2O7. The highest BCUT2D eigenvalue weighted by Crippen LogP contribution is 2.35. The molecule has 0 aliphatic heterocycles. The van der Waals surface area contributed by atoms with Gasteiger partial charge in [0.1, 0.15) is 34.7 Å². The fourth-order valence-electron chi connectivity index (χ4n) is 5.95. The molecule has 3 rings (SSSR count). The molecule has 12 heteroatoms. The number of rotatable bonds is 23. The summed E-state index contributed by atoms with van der Waals surface area (Å²) in [7, 11) is 8.74. The van der Waals surface area contributed by atoms with Crippen molar-refractivity contribution in [1.82, 2.24) is 4.90 Å². The molecule has 0 saturated heterocycles. The van der Waals surface area contributed by atoms with Gasteiger partial charge in [0, 0.05) is 36.3 Å². The number of benzene rings is 3. The predicted molar refractivity (Wildman–Crippen MR) is 233 cm³/mol. The molecule has 0 radical (unpaired) electrons. The molecule has 3 aromatic rings. The first-order valence-electron chi connectivity index (χ1n) is 20.2. The number of carbonyl (C=O) groups is 1. The van der Waals surface area contributed by atoms with Gasteiger partial charge in [-0.05, 0) is 112 Å². The normalized spacial score (nSPS) is 12.5. The summed E-state index contributed by atoms with van der Waals surface area (Å²) in [6.07, 6.45) is 2.94. The number of hydrogen-bond donors (Lipinski definition) is 1. The van der Waals surface area contributed by atoms with Gasteiger partial charge in [0.15, 0.2) is 0 Å². The van der Waals surface area contributed by atoms with E-state index in [0.29, 0.717) is 60.2 Å². The lowest BCUT2D eigenvalue weighted by Gasteiger charge is -2.23. The van der Waals surface area contributed by atoms with Crippen molar-refractivity contribution in [1.29, 1.82) is 0 Å². The Morgan fingerprint density at radius 3 is 1.19 bits per heavy atom. The maximum Gasteiger partial charge on any atom is 0.219 e. The number of ether oxygens (including phenoxy) is 6. The van der Waals surface area contributed by atoms with Crippen molar-refractivity contribution in [2.75, 3.05) is 61.8 Å². The van der Waals surface area contributed by atoms with Crippen LogP contribution in [0, 0.1) is 35.2 Å². The molecule has 0 saturated carbocycles. The van der Waals surface area contributed by atoms with Gasteiger partial charge >= 0.3 is 0 Å². The van der Waals surface area contributed by atoms with Crippen LogP contribution in [-0.4, -0.2) is 72.6 Å². The highest BCUT2D eigenvalue weighted by atomic mass is 19.1. The van der Waals surface area contributed by atoms with Crippen LogP contribution in [0.2, 0.25) is 0 Å². The first-order chi connectivity index (χ1) is 27.4. The van der Waals surface area contributed by atoms with Crippen LogP contribution in [0.15, 0.2) is 54.6 Å². The highest BCUT2D eigenvalue weighted by molar-refractivity contribution is 5.73. The van der Waals surface area contributed by atoms with Crippen LogP contribution in [0.25, 0.3) is 0 Å². The smallest absolute Gasteiger partial charge is 0.219 e. The number of hydrogen-bond acceptors (Lipinski definition) is 8. The summed E-state index contributed by atoms with van der Waals surface area (Å²) in [4.78, 5) is 12.8. The van der Waals surface area contributed by atoms with Crippen LogP contribution in [0.3, 0.4) is 0 Å². The highest BCUT2D eigenvalue weighted by Gasteiger charge is 2.22. The van der Waals surface area contributed by atoms with Crippen LogP contribution in [0.4, 0.5) is 13.2 Å². The van der Waals surface area contributed by atoms with Crippen LogP contribution in [0.1, 0.15) is 123 Å². The maximum absolute atomic E-state index is 13.5. The van der Waals surface area contributed by atoms with Crippen molar-refractivity contribution < 1.29 is 46.4 Å². The minimum absolute atomic E-state index is 0. The van der Waals surface area contributed by atoms with Gasteiger partial charge in [0.2, 0.25) is 5.91 Å². The Kier molecular flexibility index (Phi) is 28.3. The number of methoxy groups -OCH3 is 3. The van der Waals surface area contributed by atoms with E-state index in [0.717, 1.165) is 36.9 Å². The lowest BCUT2D eigenvalue weighted by atomic mass is 9.98. The average molecular weight is 837 g/mol. The van der Waals surface area contributed by atoms with Gasteiger partial charge in [-0.15, -0.1) is 0 Å². The number of nitrogens with two attached hydrogens (primary N) is 1. The topological polar surface area (TPSA) is 102 Å². The van der Waals surface area contributed by atoms with Gasteiger partial charge in [0.05, 0.1) is 52.9 Å². The molecule has 0 aliphatic carbocycles. The zero-order chi connectivity index (χ0) is 43.8. The first kappa shape index (κ1) is 55.2. The van der Waals surface area contributed by atoms with Gasteiger partial charge < -0.3 is 39.1 Å². The van der Waals surface area contributed by atoms with E-state index in [1.807, 2.05) is 14.1 Å². The Hall–Kier alpha value is -3.84. The molecular weight excluding hydrogens is 762 g/mol. The molecule has 0 bridgehead atoms. The van der Waals surface area contributed by atoms with E-state index in [2.05, 4.69) is 53.4 Å². The van der Waals surface area contributed by atoms with E-state index < -0.39 is 5.91 Å². The number of likely N-dealkylation sites (N-methyl/N-ethyl adjacent to an activating group) is 1. The summed E-state index contributed by atoms with van der Waals surface area (Å²) < 4.78 is 73.7. The van der Waals surface area contributed by atoms with E-state index in [1.54, 1.807) is 32.4 Å². The van der Waals surface area contributed by atoms with Crippen LogP contribution in [-0.2, 0) is 19.0 Å². The Morgan fingerprint density at radius 1 is 0.593 bits per heavy atom. The van der Waals surface area contributed by atoms with Crippen LogP contribution in [0.5, 0.6) is 17.2 Å². The molecule has 2 N–H and O–H groups in total.